The molecule has 3 N–H and O–H groups in total. The third-order valence-corrected chi connectivity index (χ3v) is 3.55. The SMILES string of the molecule is NC(=O)CNC(=O)/C=C/c1cn(-c2ccccc2)nc1-c1cccnc1. The van der Waals surface area contributed by atoms with Gasteiger partial charge in [-0.05, 0) is 30.3 Å². The summed E-state index contributed by atoms with van der Waals surface area (Å²) in [6.07, 6.45) is 8.21. The average Bonchev–Trinajstić information content (AvgIpc) is 3.10. The highest BCUT2D eigenvalue weighted by Gasteiger charge is 2.11. The van der Waals surface area contributed by atoms with Crippen LogP contribution in [0.3, 0.4) is 0 Å². The highest BCUT2D eigenvalue weighted by Crippen LogP contribution is 2.24. The van der Waals surface area contributed by atoms with Gasteiger partial charge in [-0.15, -0.1) is 0 Å². The Labute approximate surface area is 150 Å². The lowest BCUT2D eigenvalue weighted by Crippen LogP contribution is -2.32. The lowest BCUT2D eigenvalue weighted by atomic mass is 10.1. The van der Waals surface area contributed by atoms with E-state index < -0.39 is 11.8 Å². The Bertz CT molecular complexity index is 933. The third-order valence-electron chi connectivity index (χ3n) is 3.55. The van der Waals surface area contributed by atoms with Crippen LogP contribution in [0, 0.1) is 0 Å². The first-order valence-electron chi connectivity index (χ1n) is 7.93. The van der Waals surface area contributed by atoms with Crippen LogP contribution in [0.15, 0.2) is 67.1 Å². The van der Waals surface area contributed by atoms with Crippen molar-refractivity contribution in [2.75, 3.05) is 6.54 Å². The maximum atomic E-state index is 11.8. The molecule has 3 aromatic rings. The van der Waals surface area contributed by atoms with Crippen LogP contribution in [0.1, 0.15) is 5.56 Å². The van der Waals surface area contributed by atoms with E-state index in [0.29, 0.717) is 5.69 Å². The summed E-state index contributed by atoms with van der Waals surface area (Å²) in [4.78, 5) is 26.7. The molecule has 7 nitrogen and oxygen atoms in total. The van der Waals surface area contributed by atoms with E-state index in [9.17, 15) is 9.59 Å². The second-order valence-corrected chi connectivity index (χ2v) is 5.47. The molecule has 0 radical (unpaired) electrons. The number of carbonyl (C=O) groups excluding carboxylic acids is 2. The second kappa shape index (κ2) is 7.89. The van der Waals surface area contributed by atoms with E-state index >= 15 is 0 Å². The third kappa shape index (κ3) is 4.21. The summed E-state index contributed by atoms with van der Waals surface area (Å²) in [5.74, 6) is -1.01. The van der Waals surface area contributed by atoms with Gasteiger partial charge in [-0.3, -0.25) is 14.6 Å². The molecule has 3 rings (SSSR count). The zero-order valence-corrected chi connectivity index (χ0v) is 13.9. The quantitative estimate of drug-likeness (QED) is 0.660. The zero-order chi connectivity index (χ0) is 18.4. The standard InChI is InChI=1S/C19H17N5O2/c20-17(25)12-22-18(26)9-8-15-13-24(16-6-2-1-3-7-16)23-19(15)14-5-4-10-21-11-14/h1-11,13H,12H2,(H2,20,25)(H,22,26)/b9-8+. The summed E-state index contributed by atoms with van der Waals surface area (Å²) in [7, 11) is 0. The van der Waals surface area contributed by atoms with Gasteiger partial charge in [0, 0.05) is 35.8 Å². The van der Waals surface area contributed by atoms with Crippen LogP contribution in [-0.2, 0) is 9.59 Å². The molecular formula is C19H17N5O2. The number of pyridine rings is 1. The Kier molecular flexibility index (Phi) is 5.19. The number of rotatable bonds is 6. The summed E-state index contributed by atoms with van der Waals surface area (Å²) in [5, 5.41) is 7.03. The van der Waals surface area contributed by atoms with Gasteiger partial charge in [-0.1, -0.05) is 18.2 Å². The number of nitrogens with two attached hydrogens (primary N) is 1. The number of aromatic nitrogens is 3. The van der Waals surface area contributed by atoms with Crippen molar-refractivity contribution >= 4 is 17.9 Å². The van der Waals surface area contributed by atoms with E-state index in [4.69, 9.17) is 5.73 Å². The Balaban J connectivity index is 1.93. The van der Waals surface area contributed by atoms with Crippen LogP contribution >= 0.6 is 0 Å². The summed E-state index contributed by atoms with van der Waals surface area (Å²) >= 11 is 0. The zero-order valence-electron chi connectivity index (χ0n) is 13.9. The van der Waals surface area contributed by atoms with Crippen molar-refractivity contribution in [2.24, 2.45) is 5.73 Å². The lowest BCUT2D eigenvalue weighted by Gasteiger charge is -2.00. The van der Waals surface area contributed by atoms with E-state index in [1.54, 1.807) is 23.2 Å². The molecule has 0 saturated carbocycles. The number of hydrogen-bond acceptors (Lipinski definition) is 4. The number of benzene rings is 1. The molecule has 2 heterocycles. The molecule has 0 aliphatic carbocycles. The molecule has 0 saturated heterocycles. The normalized spacial score (nSPS) is 10.8. The molecule has 0 bridgehead atoms. The number of para-hydroxylation sites is 1. The fourth-order valence-corrected chi connectivity index (χ4v) is 2.35. The van der Waals surface area contributed by atoms with Crippen LogP contribution in [0.2, 0.25) is 0 Å². The summed E-state index contributed by atoms with van der Waals surface area (Å²) in [6, 6.07) is 13.4. The van der Waals surface area contributed by atoms with Gasteiger partial charge in [-0.2, -0.15) is 5.10 Å². The van der Waals surface area contributed by atoms with Crippen LogP contribution in [-0.4, -0.2) is 33.1 Å². The fraction of sp³-hybridized carbons (Fsp3) is 0.0526. The Morgan fingerprint density at radius 1 is 1.15 bits per heavy atom. The van der Waals surface area contributed by atoms with Crippen molar-refractivity contribution in [1.29, 1.82) is 0 Å². The smallest absolute Gasteiger partial charge is 0.244 e. The van der Waals surface area contributed by atoms with Crippen LogP contribution in [0.4, 0.5) is 0 Å². The Morgan fingerprint density at radius 2 is 1.96 bits per heavy atom. The molecule has 2 aromatic heterocycles. The molecule has 0 aliphatic rings. The summed E-state index contributed by atoms with van der Waals surface area (Å²) in [5.41, 5.74) is 8.19. The Morgan fingerprint density at radius 3 is 2.65 bits per heavy atom. The lowest BCUT2D eigenvalue weighted by molar-refractivity contribution is -0.122. The predicted octanol–water partition coefficient (Wildman–Crippen LogP) is 1.55. The van der Waals surface area contributed by atoms with Gasteiger partial charge in [0.05, 0.1) is 12.2 Å². The van der Waals surface area contributed by atoms with Gasteiger partial charge >= 0.3 is 0 Å². The molecule has 130 valence electrons. The van der Waals surface area contributed by atoms with E-state index in [1.807, 2.05) is 48.7 Å². The summed E-state index contributed by atoms with van der Waals surface area (Å²) in [6.45, 7) is -0.206. The van der Waals surface area contributed by atoms with Gasteiger partial charge in [0.2, 0.25) is 11.8 Å². The van der Waals surface area contributed by atoms with Crippen molar-refractivity contribution in [3.63, 3.8) is 0 Å². The molecule has 26 heavy (non-hydrogen) atoms. The minimum Gasteiger partial charge on any atom is -0.368 e. The maximum Gasteiger partial charge on any atom is 0.244 e. The first kappa shape index (κ1) is 17.1. The minimum absolute atomic E-state index is 0.206. The van der Waals surface area contributed by atoms with Crippen LogP contribution in [0.25, 0.3) is 23.0 Å². The number of primary amides is 1. The highest BCUT2D eigenvalue weighted by atomic mass is 16.2. The van der Waals surface area contributed by atoms with Crippen molar-refractivity contribution in [1.82, 2.24) is 20.1 Å². The Hall–Kier alpha value is -3.74. The number of nitrogens with zero attached hydrogens (tertiary/aromatic N) is 3. The van der Waals surface area contributed by atoms with Gasteiger partial charge < -0.3 is 11.1 Å². The second-order valence-electron chi connectivity index (χ2n) is 5.47. The van der Waals surface area contributed by atoms with E-state index in [0.717, 1.165) is 16.8 Å². The first-order chi connectivity index (χ1) is 12.6. The van der Waals surface area contributed by atoms with Gasteiger partial charge in [0.25, 0.3) is 0 Å². The van der Waals surface area contributed by atoms with Gasteiger partial charge in [-0.25, -0.2) is 4.68 Å². The van der Waals surface area contributed by atoms with Gasteiger partial charge in [0.1, 0.15) is 5.69 Å². The number of nitrogens with one attached hydrogen (secondary N) is 1. The van der Waals surface area contributed by atoms with Crippen LogP contribution in [0.5, 0.6) is 0 Å². The molecule has 0 atom stereocenters. The molecule has 2 amide bonds. The molecule has 1 aromatic carbocycles. The number of carbonyl (C=O) groups is 2. The predicted molar refractivity (Wildman–Crippen MR) is 98.0 cm³/mol. The van der Waals surface area contributed by atoms with E-state index in [-0.39, 0.29) is 6.54 Å². The topological polar surface area (TPSA) is 103 Å². The number of amides is 2. The van der Waals surface area contributed by atoms with Crippen molar-refractivity contribution in [3.05, 3.63) is 72.7 Å². The molecule has 0 aliphatic heterocycles. The van der Waals surface area contributed by atoms with Crippen molar-refractivity contribution in [2.45, 2.75) is 0 Å². The average molecular weight is 347 g/mol. The molecular weight excluding hydrogens is 330 g/mol. The largest absolute Gasteiger partial charge is 0.368 e. The van der Waals surface area contributed by atoms with Gasteiger partial charge in [0.15, 0.2) is 0 Å². The number of hydrogen-bond donors (Lipinski definition) is 2. The van der Waals surface area contributed by atoms with Crippen molar-refractivity contribution < 1.29 is 9.59 Å². The monoisotopic (exact) mass is 347 g/mol. The molecule has 0 fully saturated rings. The fourth-order valence-electron chi connectivity index (χ4n) is 2.35. The minimum atomic E-state index is -0.598. The van der Waals surface area contributed by atoms with Crippen molar-refractivity contribution in [3.8, 4) is 16.9 Å². The highest BCUT2D eigenvalue weighted by molar-refractivity contribution is 5.94. The van der Waals surface area contributed by atoms with E-state index in [2.05, 4.69) is 15.4 Å². The van der Waals surface area contributed by atoms with Crippen LogP contribution < -0.4 is 11.1 Å². The molecule has 0 unspecified atom stereocenters. The molecule has 0 spiro atoms. The molecule has 7 heteroatoms. The summed E-state index contributed by atoms with van der Waals surface area (Å²) < 4.78 is 1.74. The first-order valence-corrected chi connectivity index (χ1v) is 7.93. The maximum absolute atomic E-state index is 11.8. The van der Waals surface area contributed by atoms with E-state index in [1.165, 1.54) is 6.08 Å².